The van der Waals surface area contributed by atoms with Crippen LogP contribution in [0.3, 0.4) is 0 Å². The van der Waals surface area contributed by atoms with Crippen molar-refractivity contribution < 1.29 is 8.78 Å². The number of halogens is 2. The molecule has 0 radical (unpaired) electrons. The monoisotopic (exact) mass is 210 g/mol. The van der Waals surface area contributed by atoms with Gasteiger partial charge < -0.3 is 5.73 Å². The first kappa shape index (κ1) is 8.91. The Kier molecular flexibility index (Phi) is 1.86. The molecule has 0 atom stereocenters. The summed E-state index contributed by atoms with van der Waals surface area (Å²) in [5.41, 5.74) is 5.63. The van der Waals surface area contributed by atoms with Crippen molar-refractivity contribution in [1.82, 2.24) is 0 Å². The van der Waals surface area contributed by atoms with E-state index in [1.54, 1.807) is 0 Å². The molecule has 0 unspecified atom stereocenters. The molecule has 0 aliphatic carbocycles. The van der Waals surface area contributed by atoms with E-state index in [9.17, 15) is 8.78 Å². The lowest BCUT2D eigenvalue weighted by Crippen LogP contribution is -1.83. The van der Waals surface area contributed by atoms with Crippen molar-refractivity contribution >= 4 is 26.4 Å². The normalized spacial score (nSPS) is 10.4. The molecule has 1 aromatic carbocycles. The van der Waals surface area contributed by atoms with Crippen molar-refractivity contribution in [2.45, 2.75) is 0 Å². The van der Waals surface area contributed by atoms with Gasteiger partial charge in [-0.1, -0.05) is 0 Å². The summed E-state index contributed by atoms with van der Waals surface area (Å²) < 4.78 is 26.2. The van der Waals surface area contributed by atoms with E-state index in [0.29, 0.717) is 0 Å². The van der Waals surface area contributed by atoms with Gasteiger partial charge in [-0.25, -0.2) is 8.78 Å². The lowest BCUT2D eigenvalue weighted by molar-refractivity contribution is 0.593. The Morgan fingerprint density at radius 1 is 1.36 bits per heavy atom. The highest BCUT2D eigenvalue weighted by molar-refractivity contribution is 7.23. The highest BCUT2D eigenvalue weighted by atomic mass is 32.1. The van der Waals surface area contributed by atoms with Crippen molar-refractivity contribution in [2.75, 3.05) is 5.73 Å². The zero-order valence-corrected chi connectivity index (χ0v) is 7.66. The number of hydrogen-bond donors (Lipinski definition) is 1. The van der Waals surface area contributed by atoms with Crippen LogP contribution in [0.5, 0.6) is 0 Å². The third kappa shape index (κ3) is 1.12. The highest BCUT2D eigenvalue weighted by Crippen LogP contribution is 2.34. The molecular weight excluding hydrogens is 206 g/mol. The number of rotatable bonds is 0. The van der Waals surface area contributed by atoms with Gasteiger partial charge in [-0.2, -0.15) is 5.26 Å². The second kappa shape index (κ2) is 2.93. The van der Waals surface area contributed by atoms with E-state index in [4.69, 9.17) is 11.0 Å². The maximum atomic E-state index is 13.2. The van der Waals surface area contributed by atoms with E-state index in [-0.39, 0.29) is 20.7 Å². The van der Waals surface area contributed by atoms with Gasteiger partial charge in [-0.15, -0.1) is 11.3 Å². The van der Waals surface area contributed by atoms with Gasteiger partial charge in [0.15, 0.2) is 0 Å². The molecular formula is C9H4F2N2S. The van der Waals surface area contributed by atoms with E-state index in [0.717, 1.165) is 23.5 Å². The number of benzene rings is 1. The van der Waals surface area contributed by atoms with E-state index >= 15 is 0 Å². The SMILES string of the molecule is N#Cc1c(N)sc2c(F)cc(F)cc12. The lowest BCUT2D eigenvalue weighted by atomic mass is 10.2. The molecule has 0 fully saturated rings. The van der Waals surface area contributed by atoms with Gasteiger partial charge in [0.2, 0.25) is 0 Å². The first-order valence-electron chi connectivity index (χ1n) is 3.70. The molecule has 2 N–H and O–H groups in total. The van der Waals surface area contributed by atoms with Gasteiger partial charge in [0.05, 0.1) is 10.3 Å². The Morgan fingerprint density at radius 3 is 2.71 bits per heavy atom. The van der Waals surface area contributed by atoms with E-state index in [2.05, 4.69) is 0 Å². The maximum absolute atomic E-state index is 13.2. The first-order valence-corrected chi connectivity index (χ1v) is 4.52. The summed E-state index contributed by atoms with van der Waals surface area (Å²) in [4.78, 5) is 0. The summed E-state index contributed by atoms with van der Waals surface area (Å²) in [5.74, 6) is -1.39. The Labute approximate surface area is 82.2 Å². The minimum absolute atomic E-state index is 0.142. The largest absolute Gasteiger partial charge is 0.389 e. The van der Waals surface area contributed by atoms with Gasteiger partial charge in [0.25, 0.3) is 0 Å². The van der Waals surface area contributed by atoms with Crippen molar-refractivity contribution in [1.29, 1.82) is 5.26 Å². The summed E-state index contributed by atoms with van der Waals surface area (Å²) in [7, 11) is 0. The molecule has 1 heterocycles. The number of nitrogens with zero attached hydrogens (tertiary/aromatic N) is 1. The fraction of sp³-hybridized carbons (Fsp3) is 0. The number of nitriles is 1. The first-order chi connectivity index (χ1) is 6.63. The van der Waals surface area contributed by atoms with Crippen molar-refractivity contribution in [2.24, 2.45) is 0 Å². The molecule has 0 aliphatic rings. The molecule has 70 valence electrons. The Balaban J connectivity index is 2.97. The van der Waals surface area contributed by atoms with Crippen LogP contribution in [0.4, 0.5) is 13.8 Å². The molecule has 0 spiro atoms. The van der Waals surface area contributed by atoms with Crippen LogP contribution < -0.4 is 5.73 Å². The van der Waals surface area contributed by atoms with Crippen LogP contribution >= 0.6 is 11.3 Å². The minimum Gasteiger partial charge on any atom is -0.389 e. The lowest BCUT2D eigenvalue weighted by Gasteiger charge is -1.92. The van der Waals surface area contributed by atoms with Crippen LogP contribution in [0, 0.1) is 23.0 Å². The molecule has 0 bridgehead atoms. The summed E-state index contributed by atoms with van der Waals surface area (Å²) in [5, 5.41) is 9.18. The molecule has 2 rings (SSSR count). The van der Waals surface area contributed by atoms with Gasteiger partial charge in [0.1, 0.15) is 22.7 Å². The molecule has 1 aromatic heterocycles. The number of hydrogen-bond acceptors (Lipinski definition) is 3. The van der Waals surface area contributed by atoms with E-state index < -0.39 is 11.6 Å². The van der Waals surface area contributed by atoms with E-state index in [1.165, 1.54) is 0 Å². The summed E-state index contributed by atoms with van der Waals surface area (Å²) in [6.45, 7) is 0. The molecule has 5 heteroatoms. The topological polar surface area (TPSA) is 49.8 Å². The Bertz CT molecular complexity index is 554. The highest BCUT2D eigenvalue weighted by Gasteiger charge is 2.13. The zero-order valence-electron chi connectivity index (χ0n) is 6.84. The Hall–Kier alpha value is -1.67. The van der Waals surface area contributed by atoms with Crippen LogP contribution in [0.2, 0.25) is 0 Å². The molecule has 0 saturated carbocycles. The third-order valence-electron chi connectivity index (χ3n) is 1.85. The standard InChI is InChI=1S/C9H4F2N2S/c10-4-1-5-6(3-12)9(13)14-8(5)7(11)2-4/h1-2H,13H2. The summed E-state index contributed by atoms with van der Waals surface area (Å²) in [6, 6.07) is 3.72. The fourth-order valence-corrected chi connectivity index (χ4v) is 2.16. The minimum atomic E-state index is -0.704. The number of fused-ring (bicyclic) bond motifs is 1. The number of thiophene rings is 1. The van der Waals surface area contributed by atoms with Crippen LogP contribution in [0.1, 0.15) is 5.56 Å². The van der Waals surface area contributed by atoms with Gasteiger partial charge in [0, 0.05) is 11.5 Å². The molecule has 2 aromatic rings. The average molecular weight is 210 g/mol. The Morgan fingerprint density at radius 2 is 2.07 bits per heavy atom. The fourth-order valence-electron chi connectivity index (χ4n) is 1.26. The molecule has 0 saturated heterocycles. The van der Waals surface area contributed by atoms with Gasteiger partial charge in [-0.3, -0.25) is 0 Å². The van der Waals surface area contributed by atoms with Crippen LogP contribution in [0.15, 0.2) is 12.1 Å². The van der Waals surface area contributed by atoms with Crippen LogP contribution in [-0.2, 0) is 0 Å². The zero-order chi connectivity index (χ0) is 10.3. The second-order valence-corrected chi connectivity index (χ2v) is 3.77. The van der Waals surface area contributed by atoms with Crippen LogP contribution in [0.25, 0.3) is 10.1 Å². The summed E-state index contributed by atoms with van der Waals surface area (Å²) >= 11 is 0.952. The molecule has 14 heavy (non-hydrogen) atoms. The molecule has 2 nitrogen and oxygen atoms in total. The van der Waals surface area contributed by atoms with E-state index in [1.807, 2.05) is 6.07 Å². The predicted octanol–water partition coefficient (Wildman–Crippen LogP) is 2.63. The van der Waals surface area contributed by atoms with Crippen molar-refractivity contribution in [3.8, 4) is 6.07 Å². The predicted molar refractivity (Wildman–Crippen MR) is 50.9 cm³/mol. The molecule has 0 amide bonds. The smallest absolute Gasteiger partial charge is 0.144 e. The second-order valence-electron chi connectivity index (χ2n) is 2.72. The number of nitrogens with two attached hydrogens (primary N) is 1. The quantitative estimate of drug-likeness (QED) is 0.726. The number of anilines is 1. The van der Waals surface area contributed by atoms with Gasteiger partial charge in [-0.05, 0) is 6.07 Å². The van der Waals surface area contributed by atoms with Crippen LogP contribution in [-0.4, -0.2) is 0 Å². The average Bonchev–Trinajstić information content (AvgIpc) is 2.41. The molecule has 0 aliphatic heterocycles. The van der Waals surface area contributed by atoms with Crippen molar-refractivity contribution in [3.63, 3.8) is 0 Å². The third-order valence-corrected chi connectivity index (χ3v) is 2.89. The van der Waals surface area contributed by atoms with Gasteiger partial charge >= 0.3 is 0 Å². The number of nitrogen functional groups attached to an aromatic ring is 1. The maximum Gasteiger partial charge on any atom is 0.144 e. The summed E-state index contributed by atoms with van der Waals surface area (Å²) in [6.07, 6.45) is 0. The van der Waals surface area contributed by atoms with Crippen molar-refractivity contribution in [3.05, 3.63) is 29.3 Å².